The van der Waals surface area contributed by atoms with Crippen LogP contribution in [0.5, 0.6) is 0 Å². The van der Waals surface area contributed by atoms with Crippen molar-refractivity contribution >= 4 is 27.5 Å². The van der Waals surface area contributed by atoms with Crippen molar-refractivity contribution in [3.63, 3.8) is 0 Å². The molecule has 0 unspecified atom stereocenters. The van der Waals surface area contributed by atoms with E-state index in [-0.39, 0.29) is 0 Å². The minimum Gasteiger partial charge on any atom is -0.377 e. The SMILES string of the molecule is Clc1cccc(COCCCCCBr)c1. The van der Waals surface area contributed by atoms with E-state index in [0.717, 1.165) is 28.9 Å². The van der Waals surface area contributed by atoms with Gasteiger partial charge < -0.3 is 4.74 Å². The summed E-state index contributed by atoms with van der Waals surface area (Å²) in [6, 6.07) is 7.80. The summed E-state index contributed by atoms with van der Waals surface area (Å²) >= 11 is 9.27. The third-order valence-corrected chi connectivity index (χ3v) is 2.88. The van der Waals surface area contributed by atoms with E-state index < -0.39 is 0 Å². The van der Waals surface area contributed by atoms with Gasteiger partial charge in [-0.3, -0.25) is 0 Å². The number of halogens is 2. The Bertz CT molecular complexity index is 278. The summed E-state index contributed by atoms with van der Waals surface area (Å²) in [6.07, 6.45) is 3.58. The number of rotatable bonds is 7. The molecule has 1 aromatic carbocycles. The molecule has 0 spiro atoms. The monoisotopic (exact) mass is 290 g/mol. The Balaban J connectivity index is 2.10. The predicted molar refractivity (Wildman–Crippen MR) is 68.8 cm³/mol. The molecular formula is C12H16BrClO. The Hall–Kier alpha value is -0.0500. The molecule has 0 amide bonds. The van der Waals surface area contributed by atoms with Gasteiger partial charge in [0.2, 0.25) is 0 Å². The van der Waals surface area contributed by atoms with Gasteiger partial charge in [0.15, 0.2) is 0 Å². The minimum atomic E-state index is 0.662. The second-order valence-electron chi connectivity index (χ2n) is 3.43. The van der Waals surface area contributed by atoms with Crippen LogP contribution in [0.25, 0.3) is 0 Å². The highest BCUT2D eigenvalue weighted by molar-refractivity contribution is 9.09. The zero-order valence-corrected chi connectivity index (χ0v) is 11.1. The number of unbranched alkanes of at least 4 members (excludes halogenated alkanes) is 2. The Morgan fingerprint density at radius 3 is 2.80 bits per heavy atom. The molecule has 0 aliphatic heterocycles. The quantitative estimate of drug-likeness (QED) is 0.534. The average molecular weight is 292 g/mol. The molecule has 0 saturated heterocycles. The molecule has 0 aliphatic carbocycles. The lowest BCUT2D eigenvalue weighted by Gasteiger charge is -2.04. The highest BCUT2D eigenvalue weighted by atomic mass is 79.9. The Morgan fingerprint density at radius 2 is 2.07 bits per heavy atom. The molecule has 0 heterocycles. The van der Waals surface area contributed by atoms with Gasteiger partial charge in [-0.1, -0.05) is 46.1 Å². The van der Waals surface area contributed by atoms with Crippen molar-refractivity contribution in [1.29, 1.82) is 0 Å². The smallest absolute Gasteiger partial charge is 0.0717 e. The Morgan fingerprint density at radius 1 is 1.20 bits per heavy atom. The summed E-state index contributed by atoms with van der Waals surface area (Å²) in [5.41, 5.74) is 1.14. The fourth-order valence-corrected chi connectivity index (χ4v) is 1.90. The van der Waals surface area contributed by atoms with E-state index in [0.29, 0.717) is 6.61 Å². The second-order valence-corrected chi connectivity index (χ2v) is 4.66. The molecule has 3 heteroatoms. The number of alkyl halides is 1. The lowest BCUT2D eigenvalue weighted by molar-refractivity contribution is 0.117. The molecular weight excluding hydrogens is 275 g/mol. The highest BCUT2D eigenvalue weighted by Crippen LogP contribution is 2.11. The lowest BCUT2D eigenvalue weighted by atomic mass is 10.2. The number of benzene rings is 1. The van der Waals surface area contributed by atoms with Crippen molar-refractivity contribution in [3.8, 4) is 0 Å². The average Bonchev–Trinajstić information content (AvgIpc) is 2.23. The van der Waals surface area contributed by atoms with Gasteiger partial charge in [-0.25, -0.2) is 0 Å². The first-order valence-corrected chi connectivity index (χ1v) is 6.71. The number of ether oxygens (including phenoxy) is 1. The summed E-state index contributed by atoms with van der Waals surface area (Å²) in [5.74, 6) is 0. The van der Waals surface area contributed by atoms with Crippen LogP contribution >= 0.6 is 27.5 Å². The van der Waals surface area contributed by atoms with Crippen LogP contribution in [0.1, 0.15) is 24.8 Å². The standard InChI is InChI=1S/C12H16BrClO/c13-7-2-1-3-8-15-10-11-5-4-6-12(14)9-11/h4-6,9H,1-3,7-8,10H2. The molecule has 0 saturated carbocycles. The van der Waals surface area contributed by atoms with E-state index in [4.69, 9.17) is 16.3 Å². The normalized spacial score (nSPS) is 10.5. The van der Waals surface area contributed by atoms with Crippen LogP contribution in [0.4, 0.5) is 0 Å². The van der Waals surface area contributed by atoms with E-state index in [9.17, 15) is 0 Å². The first-order valence-electron chi connectivity index (χ1n) is 5.21. The number of hydrogen-bond acceptors (Lipinski definition) is 1. The second kappa shape index (κ2) is 8.14. The first kappa shape index (κ1) is 13.0. The molecule has 0 aliphatic rings. The predicted octanol–water partition coefficient (Wildman–Crippen LogP) is 4.42. The summed E-state index contributed by atoms with van der Waals surface area (Å²) in [7, 11) is 0. The highest BCUT2D eigenvalue weighted by Gasteiger charge is 1.94. The summed E-state index contributed by atoms with van der Waals surface area (Å²) in [6.45, 7) is 1.49. The van der Waals surface area contributed by atoms with E-state index >= 15 is 0 Å². The van der Waals surface area contributed by atoms with Crippen molar-refractivity contribution in [2.45, 2.75) is 25.9 Å². The van der Waals surface area contributed by atoms with Crippen LogP contribution in [-0.4, -0.2) is 11.9 Å². The lowest BCUT2D eigenvalue weighted by Crippen LogP contribution is -1.95. The number of hydrogen-bond donors (Lipinski definition) is 0. The molecule has 15 heavy (non-hydrogen) atoms. The summed E-state index contributed by atoms with van der Waals surface area (Å²) in [4.78, 5) is 0. The molecule has 0 bridgehead atoms. The van der Waals surface area contributed by atoms with Gasteiger partial charge in [0.25, 0.3) is 0 Å². The van der Waals surface area contributed by atoms with Crippen LogP contribution in [0, 0.1) is 0 Å². The molecule has 0 N–H and O–H groups in total. The van der Waals surface area contributed by atoms with Gasteiger partial charge in [0.1, 0.15) is 0 Å². The topological polar surface area (TPSA) is 9.23 Å². The van der Waals surface area contributed by atoms with Gasteiger partial charge in [-0.2, -0.15) is 0 Å². The maximum absolute atomic E-state index is 5.87. The third kappa shape index (κ3) is 6.18. The molecule has 0 aromatic heterocycles. The van der Waals surface area contributed by atoms with Crippen LogP contribution in [0.15, 0.2) is 24.3 Å². The van der Waals surface area contributed by atoms with Crippen molar-refractivity contribution < 1.29 is 4.74 Å². The van der Waals surface area contributed by atoms with E-state index in [2.05, 4.69) is 15.9 Å². The molecule has 0 fully saturated rings. The fourth-order valence-electron chi connectivity index (χ4n) is 1.29. The molecule has 84 valence electrons. The third-order valence-electron chi connectivity index (χ3n) is 2.08. The van der Waals surface area contributed by atoms with Crippen LogP contribution < -0.4 is 0 Å². The van der Waals surface area contributed by atoms with Gasteiger partial charge in [0, 0.05) is 17.0 Å². The van der Waals surface area contributed by atoms with E-state index in [1.807, 2.05) is 24.3 Å². The Kier molecular flexibility index (Phi) is 7.07. The zero-order chi connectivity index (χ0) is 10.9. The molecule has 1 nitrogen and oxygen atoms in total. The van der Waals surface area contributed by atoms with Gasteiger partial charge in [-0.15, -0.1) is 0 Å². The largest absolute Gasteiger partial charge is 0.377 e. The minimum absolute atomic E-state index is 0.662. The van der Waals surface area contributed by atoms with Crippen molar-refractivity contribution in [3.05, 3.63) is 34.9 Å². The zero-order valence-electron chi connectivity index (χ0n) is 8.72. The van der Waals surface area contributed by atoms with E-state index in [1.54, 1.807) is 0 Å². The maximum Gasteiger partial charge on any atom is 0.0717 e. The van der Waals surface area contributed by atoms with Crippen molar-refractivity contribution in [2.24, 2.45) is 0 Å². The van der Waals surface area contributed by atoms with Gasteiger partial charge >= 0.3 is 0 Å². The van der Waals surface area contributed by atoms with E-state index in [1.165, 1.54) is 12.8 Å². The fraction of sp³-hybridized carbons (Fsp3) is 0.500. The Labute approximate surface area is 105 Å². The van der Waals surface area contributed by atoms with Crippen LogP contribution in [0.2, 0.25) is 5.02 Å². The molecule has 0 radical (unpaired) electrons. The maximum atomic E-state index is 5.87. The van der Waals surface area contributed by atoms with Crippen molar-refractivity contribution in [2.75, 3.05) is 11.9 Å². The summed E-state index contributed by atoms with van der Waals surface area (Å²) < 4.78 is 5.55. The van der Waals surface area contributed by atoms with Crippen LogP contribution in [-0.2, 0) is 11.3 Å². The molecule has 0 atom stereocenters. The van der Waals surface area contributed by atoms with Crippen molar-refractivity contribution in [1.82, 2.24) is 0 Å². The van der Waals surface area contributed by atoms with Gasteiger partial charge in [0.05, 0.1) is 6.61 Å². The molecule has 1 aromatic rings. The first-order chi connectivity index (χ1) is 7.33. The summed E-state index contributed by atoms with van der Waals surface area (Å²) in [5, 5.41) is 1.86. The van der Waals surface area contributed by atoms with Crippen LogP contribution in [0.3, 0.4) is 0 Å². The molecule has 1 rings (SSSR count). The van der Waals surface area contributed by atoms with Gasteiger partial charge in [-0.05, 0) is 30.5 Å².